The van der Waals surface area contributed by atoms with Crippen molar-refractivity contribution in [2.75, 3.05) is 44.1 Å². The minimum Gasteiger partial charge on any atom is -0.383 e. The van der Waals surface area contributed by atoms with Gasteiger partial charge in [0.2, 0.25) is 0 Å². The van der Waals surface area contributed by atoms with Crippen molar-refractivity contribution in [3.63, 3.8) is 0 Å². The third-order valence-electron chi connectivity index (χ3n) is 7.09. The van der Waals surface area contributed by atoms with E-state index in [0.717, 1.165) is 44.3 Å². The molecule has 0 unspecified atom stereocenters. The second-order valence-electron chi connectivity index (χ2n) is 10.1. The maximum Gasteiger partial charge on any atom is 0.165 e. The molecule has 1 atom stereocenters. The Morgan fingerprint density at radius 2 is 1.94 bits per heavy atom. The van der Waals surface area contributed by atoms with E-state index >= 15 is 0 Å². The highest BCUT2D eigenvalue weighted by Gasteiger charge is 2.28. The third kappa shape index (κ3) is 7.26. The minimum absolute atomic E-state index is 0.166. The van der Waals surface area contributed by atoms with Crippen LogP contribution < -0.4 is 21.7 Å². The Bertz CT molecular complexity index is 998. The van der Waals surface area contributed by atoms with Gasteiger partial charge in [0.1, 0.15) is 5.82 Å². The molecular weight excluding hydrogens is 483 g/mol. The number of nitrogens with zero attached hydrogens (tertiary/aromatic N) is 2. The number of hydrogen-bond donors (Lipinski definition) is 4. The molecule has 2 aromatic rings. The molecule has 10 heteroatoms. The molecule has 1 saturated carbocycles. The van der Waals surface area contributed by atoms with Gasteiger partial charge in [-0.1, -0.05) is 11.6 Å². The standard InChI is InChI=1S/C26H38ClFN6O2/c1-17(15-35-2)32-18-3-5-19(6-4-18)33-24-13-20(21(27)14-30-24)23-8-7-22(28)25(34-23)31-16-26(29)9-11-36-12-10-26/h7-8,13-14,17-19,32H,3-6,9-12,15-16,29H2,1-2H3,(H,30,33)(H,31,34)/t17-,18?,19?/m1/s1. The normalized spacial score (nSPS) is 22.7. The van der Waals surface area contributed by atoms with Crippen LogP contribution in [-0.4, -0.2) is 67.1 Å². The molecule has 0 bridgehead atoms. The molecule has 0 aromatic carbocycles. The first-order valence-corrected chi connectivity index (χ1v) is 13.2. The lowest BCUT2D eigenvalue weighted by Gasteiger charge is -2.33. The lowest BCUT2D eigenvalue weighted by atomic mass is 9.90. The van der Waals surface area contributed by atoms with E-state index < -0.39 is 11.4 Å². The first-order chi connectivity index (χ1) is 17.3. The van der Waals surface area contributed by atoms with Crippen LogP contribution in [0.25, 0.3) is 11.3 Å². The molecule has 0 amide bonds. The number of hydrogen-bond acceptors (Lipinski definition) is 8. The summed E-state index contributed by atoms with van der Waals surface area (Å²) in [4.78, 5) is 9.00. The lowest BCUT2D eigenvalue weighted by Crippen LogP contribution is -2.50. The van der Waals surface area contributed by atoms with Crippen LogP contribution in [-0.2, 0) is 9.47 Å². The SMILES string of the molecule is COC[C@@H](C)NC1CCC(Nc2cc(-c3ccc(F)c(NCC4(N)CCOCC4)n3)c(Cl)cn2)CC1. The Labute approximate surface area is 217 Å². The van der Waals surface area contributed by atoms with E-state index in [2.05, 4.69) is 32.8 Å². The molecule has 0 spiro atoms. The van der Waals surface area contributed by atoms with E-state index in [-0.39, 0.29) is 5.82 Å². The maximum atomic E-state index is 14.5. The molecule has 3 heterocycles. The number of ether oxygens (including phenoxy) is 2. The first kappa shape index (κ1) is 27.0. The first-order valence-electron chi connectivity index (χ1n) is 12.8. The topological polar surface area (TPSA) is 106 Å². The fourth-order valence-corrected chi connectivity index (χ4v) is 5.16. The van der Waals surface area contributed by atoms with E-state index in [0.29, 0.717) is 60.8 Å². The Hall–Kier alpha value is -2.04. The van der Waals surface area contributed by atoms with Crippen molar-refractivity contribution in [1.82, 2.24) is 15.3 Å². The Morgan fingerprint density at radius 3 is 2.67 bits per heavy atom. The van der Waals surface area contributed by atoms with Crippen molar-refractivity contribution in [2.45, 2.75) is 69.1 Å². The number of nitrogens with one attached hydrogen (secondary N) is 3. The molecule has 1 aliphatic carbocycles. The third-order valence-corrected chi connectivity index (χ3v) is 7.39. The molecule has 4 rings (SSSR count). The number of pyridine rings is 2. The summed E-state index contributed by atoms with van der Waals surface area (Å²) in [5, 5.41) is 10.8. The molecule has 5 N–H and O–H groups in total. The Morgan fingerprint density at radius 1 is 1.22 bits per heavy atom. The summed E-state index contributed by atoms with van der Waals surface area (Å²) in [6.45, 7) is 4.51. The highest BCUT2D eigenvalue weighted by molar-refractivity contribution is 6.33. The highest BCUT2D eigenvalue weighted by atomic mass is 35.5. The summed E-state index contributed by atoms with van der Waals surface area (Å²) in [7, 11) is 1.73. The van der Waals surface area contributed by atoms with Crippen molar-refractivity contribution < 1.29 is 13.9 Å². The van der Waals surface area contributed by atoms with Gasteiger partial charge >= 0.3 is 0 Å². The number of nitrogens with two attached hydrogens (primary N) is 1. The zero-order valence-electron chi connectivity index (χ0n) is 21.2. The fourth-order valence-electron chi connectivity index (χ4n) is 4.96. The van der Waals surface area contributed by atoms with Gasteiger partial charge in [0.05, 0.1) is 17.3 Å². The molecule has 2 aromatic heterocycles. The Balaban J connectivity index is 1.39. The van der Waals surface area contributed by atoms with Crippen molar-refractivity contribution in [1.29, 1.82) is 0 Å². The molecule has 1 aliphatic heterocycles. The van der Waals surface area contributed by atoms with Gasteiger partial charge in [0, 0.05) is 62.3 Å². The average Bonchev–Trinajstić information content (AvgIpc) is 2.87. The zero-order chi connectivity index (χ0) is 25.5. The van der Waals surface area contributed by atoms with E-state index in [9.17, 15) is 4.39 Å². The minimum atomic E-state index is -0.440. The molecule has 1 saturated heterocycles. The smallest absolute Gasteiger partial charge is 0.165 e. The predicted octanol–water partition coefficient (Wildman–Crippen LogP) is 4.20. The van der Waals surface area contributed by atoms with Crippen molar-refractivity contribution in [3.05, 3.63) is 35.2 Å². The van der Waals surface area contributed by atoms with E-state index in [1.54, 1.807) is 19.4 Å². The van der Waals surface area contributed by atoms with Gasteiger partial charge < -0.3 is 31.2 Å². The highest BCUT2D eigenvalue weighted by Crippen LogP contribution is 2.31. The summed E-state index contributed by atoms with van der Waals surface area (Å²) < 4.78 is 25.2. The van der Waals surface area contributed by atoms with Crippen molar-refractivity contribution >= 4 is 23.2 Å². The number of methoxy groups -OCH3 is 1. The van der Waals surface area contributed by atoms with Crippen LogP contribution >= 0.6 is 11.6 Å². The van der Waals surface area contributed by atoms with Crippen LogP contribution in [0.5, 0.6) is 0 Å². The van der Waals surface area contributed by atoms with Crippen LogP contribution in [0.1, 0.15) is 45.4 Å². The summed E-state index contributed by atoms with van der Waals surface area (Å²) in [5.41, 5.74) is 7.28. The van der Waals surface area contributed by atoms with Gasteiger partial charge in [0.15, 0.2) is 11.6 Å². The van der Waals surface area contributed by atoms with Gasteiger partial charge in [-0.25, -0.2) is 14.4 Å². The van der Waals surface area contributed by atoms with Gasteiger partial charge in [-0.3, -0.25) is 0 Å². The molecular formula is C26H38ClFN6O2. The van der Waals surface area contributed by atoms with Crippen LogP contribution in [0.3, 0.4) is 0 Å². The average molecular weight is 521 g/mol. The maximum absolute atomic E-state index is 14.5. The molecule has 198 valence electrons. The molecule has 2 aliphatic rings. The van der Waals surface area contributed by atoms with E-state index in [4.69, 9.17) is 26.8 Å². The largest absolute Gasteiger partial charge is 0.383 e. The van der Waals surface area contributed by atoms with Crippen LogP contribution in [0.4, 0.5) is 16.0 Å². The number of halogens is 2. The van der Waals surface area contributed by atoms with E-state index in [1.165, 1.54) is 6.07 Å². The van der Waals surface area contributed by atoms with Crippen LogP contribution in [0.2, 0.25) is 5.02 Å². The second kappa shape index (κ2) is 12.5. The number of aromatic nitrogens is 2. The van der Waals surface area contributed by atoms with E-state index in [1.807, 2.05) is 6.07 Å². The van der Waals surface area contributed by atoms with Gasteiger partial charge in [-0.15, -0.1) is 0 Å². The van der Waals surface area contributed by atoms with Crippen molar-refractivity contribution in [3.8, 4) is 11.3 Å². The van der Waals surface area contributed by atoms with Crippen molar-refractivity contribution in [2.24, 2.45) is 5.73 Å². The lowest BCUT2D eigenvalue weighted by molar-refractivity contribution is 0.0574. The van der Waals surface area contributed by atoms with Gasteiger partial charge in [0.25, 0.3) is 0 Å². The summed E-state index contributed by atoms with van der Waals surface area (Å²) in [6.07, 6.45) is 7.34. The van der Waals surface area contributed by atoms with Gasteiger partial charge in [-0.05, 0) is 63.6 Å². The predicted molar refractivity (Wildman–Crippen MR) is 142 cm³/mol. The molecule has 8 nitrogen and oxygen atoms in total. The molecule has 36 heavy (non-hydrogen) atoms. The molecule has 0 radical (unpaired) electrons. The quantitative estimate of drug-likeness (QED) is 0.369. The number of rotatable bonds is 10. The monoisotopic (exact) mass is 520 g/mol. The zero-order valence-corrected chi connectivity index (χ0v) is 21.9. The van der Waals surface area contributed by atoms with Crippen LogP contribution in [0.15, 0.2) is 24.4 Å². The summed E-state index contributed by atoms with van der Waals surface area (Å²) in [5.74, 6) is 0.477. The number of anilines is 2. The van der Waals surface area contributed by atoms with Crippen LogP contribution in [0, 0.1) is 5.82 Å². The van der Waals surface area contributed by atoms with Gasteiger partial charge in [-0.2, -0.15) is 0 Å². The molecule has 2 fully saturated rings. The summed E-state index contributed by atoms with van der Waals surface area (Å²) in [6, 6.07) is 6.11. The summed E-state index contributed by atoms with van der Waals surface area (Å²) >= 11 is 6.48. The fraction of sp³-hybridized carbons (Fsp3) is 0.615. The Kier molecular flexibility index (Phi) is 9.35. The second-order valence-corrected chi connectivity index (χ2v) is 10.5.